The molecule has 0 aliphatic heterocycles. The first kappa shape index (κ1) is 26.6. The molecule has 0 aliphatic carbocycles. The van der Waals surface area contributed by atoms with E-state index in [2.05, 4.69) is 34.1 Å². The van der Waals surface area contributed by atoms with Gasteiger partial charge in [-0.25, -0.2) is 18.6 Å². The van der Waals surface area contributed by atoms with Crippen molar-refractivity contribution >= 4 is 11.8 Å². The van der Waals surface area contributed by atoms with Gasteiger partial charge >= 0.3 is 6.09 Å². The summed E-state index contributed by atoms with van der Waals surface area (Å²) in [7, 11) is 0. The molecule has 40 heavy (non-hydrogen) atoms. The van der Waals surface area contributed by atoms with E-state index >= 15 is 0 Å². The molecule has 0 radical (unpaired) electrons. The van der Waals surface area contributed by atoms with Crippen LogP contribution in [0.1, 0.15) is 12.2 Å². The molecule has 0 saturated carbocycles. The molecule has 1 N–H and O–H groups in total. The second-order valence-corrected chi connectivity index (χ2v) is 9.03. The normalized spacial score (nSPS) is 10.8. The minimum Gasteiger partial charge on any atom is -0.494 e. The van der Waals surface area contributed by atoms with Crippen molar-refractivity contribution in [2.24, 2.45) is 0 Å². The summed E-state index contributed by atoms with van der Waals surface area (Å²) in [5, 5.41) is 2.44. The lowest BCUT2D eigenvalue weighted by molar-refractivity contribution is 0.210. The van der Waals surface area contributed by atoms with Gasteiger partial charge in [-0.1, -0.05) is 66.7 Å². The number of ether oxygens (including phenoxy) is 2. The van der Waals surface area contributed by atoms with E-state index in [9.17, 15) is 13.6 Å². The number of anilines is 1. The zero-order valence-electron chi connectivity index (χ0n) is 21.8. The number of amides is 1. The Hall–Kier alpha value is -4.98. The molecule has 202 valence electrons. The monoisotopic (exact) mass is 539 g/mol. The zero-order valence-corrected chi connectivity index (χ0v) is 21.8. The summed E-state index contributed by atoms with van der Waals surface area (Å²) in [6.07, 6.45) is -0.260. The molecule has 5 rings (SSSR count). The van der Waals surface area contributed by atoms with E-state index in [4.69, 9.17) is 14.5 Å². The topological polar surface area (TPSA) is 65.4 Å². The van der Waals surface area contributed by atoms with Crippen molar-refractivity contribution in [2.45, 2.75) is 19.9 Å². The Kier molecular flexibility index (Phi) is 8.15. The van der Waals surface area contributed by atoms with E-state index in [1.807, 2.05) is 43.3 Å². The first-order valence-electron chi connectivity index (χ1n) is 12.8. The molecule has 4 aromatic carbocycles. The highest BCUT2D eigenvalue weighted by Gasteiger charge is 2.18. The average molecular weight is 540 g/mol. The van der Waals surface area contributed by atoms with Crippen LogP contribution in [0.15, 0.2) is 103 Å². The molecule has 8 heteroatoms. The first-order chi connectivity index (χ1) is 19.5. The smallest absolute Gasteiger partial charge is 0.417 e. The summed E-state index contributed by atoms with van der Waals surface area (Å²) >= 11 is 0. The third-order valence-corrected chi connectivity index (χ3v) is 6.26. The lowest BCUT2D eigenvalue weighted by atomic mass is 10.0. The summed E-state index contributed by atoms with van der Waals surface area (Å²) < 4.78 is 40.3. The van der Waals surface area contributed by atoms with Crippen molar-refractivity contribution in [3.63, 3.8) is 0 Å². The Morgan fingerprint density at radius 3 is 2.10 bits per heavy atom. The van der Waals surface area contributed by atoms with E-state index in [0.717, 1.165) is 46.9 Å². The second-order valence-electron chi connectivity index (χ2n) is 9.03. The largest absolute Gasteiger partial charge is 0.494 e. The van der Waals surface area contributed by atoms with Gasteiger partial charge in [0.15, 0.2) is 11.6 Å². The summed E-state index contributed by atoms with van der Waals surface area (Å²) in [5.74, 6) is -1.13. The Bertz CT molecular complexity index is 1570. The van der Waals surface area contributed by atoms with Gasteiger partial charge in [-0.3, -0.25) is 5.32 Å². The molecular weight excluding hydrogens is 512 g/mol. The predicted molar refractivity (Wildman–Crippen MR) is 150 cm³/mol. The molecule has 0 aliphatic rings. The highest BCUT2D eigenvalue weighted by molar-refractivity contribution is 5.86. The molecule has 1 amide bonds. The summed E-state index contributed by atoms with van der Waals surface area (Å²) in [5.41, 5.74) is 4.58. The van der Waals surface area contributed by atoms with Gasteiger partial charge in [-0.15, -0.1) is 0 Å². The molecule has 6 nitrogen and oxygen atoms in total. The number of carbonyl (C=O) groups excluding carboxylic acids is 1. The molecular formula is C32H27F2N3O3. The second kappa shape index (κ2) is 12.3. The van der Waals surface area contributed by atoms with Crippen LogP contribution in [0.4, 0.5) is 19.3 Å². The number of imidazole rings is 1. The number of para-hydroxylation sites is 1. The summed E-state index contributed by atoms with van der Waals surface area (Å²) in [6, 6.07) is 30.2. The molecule has 5 aromatic rings. The van der Waals surface area contributed by atoms with Crippen LogP contribution in [-0.4, -0.2) is 22.3 Å². The van der Waals surface area contributed by atoms with Crippen LogP contribution in [0.3, 0.4) is 0 Å². The van der Waals surface area contributed by atoms with Gasteiger partial charge in [-0.2, -0.15) is 0 Å². The van der Waals surface area contributed by atoms with Crippen molar-refractivity contribution in [1.29, 1.82) is 0 Å². The highest BCUT2D eigenvalue weighted by Crippen LogP contribution is 2.33. The van der Waals surface area contributed by atoms with Crippen LogP contribution in [-0.2, 0) is 6.54 Å². The van der Waals surface area contributed by atoms with Gasteiger partial charge in [0.1, 0.15) is 11.6 Å². The SMILES string of the molecule is Cc1nc(-c2ccccc2)c(-c2ccccc2)n1CCCOc1ccc(NC(=O)Oc2c(F)cccc2F)cc1. The van der Waals surface area contributed by atoms with Gasteiger partial charge in [-0.05, 0) is 49.7 Å². The van der Waals surface area contributed by atoms with Crippen LogP contribution in [0.2, 0.25) is 0 Å². The average Bonchev–Trinajstić information content (AvgIpc) is 3.31. The lowest BCUT2D eigenvalue weighted by Crippen LogP contribution is -2.18. The maximum atomic E-state index is 13.7. The molecule has 0 bridgehead atoms. The van der Waals surface area contributed by atoms with Crippen molar-refractivity contribution in [3.8, 4) is 34.0 Å². The number of nitrogens with one attached hydrogen (secondary N) is 1. The number of aryl methyl sites for hydroxylation is 1. The fourth-order valence-corrected chi connectivity index (χ4v) is 4.39. The van der Waals surface area contributed by atoms with Crippen molar-refractivity contribution in [2.75, 3.05) is 11.9 Å². The molecule has 1 heterocycles. The number of rotatable bonds is 9. The molecule has 0 saturated heterocycles. The fourth-order valence-electron chi connectivity index (χ4n) is 4.39. The Labute approximate surface area is 230 Å². The third-order valence-electron chi connectivity index (χ3n) is 6.26. The molecule has 0 fully saturated rings. The fraction of sp³-hybridized carbons (Fsp3) is 0.125. The summed E-state index contributed by atoms with van der Waals surface area (Å²) in [4.78, 5) is 17.0. The molecule has 0 unspecified atom stereocenters. The third kappa shape index (κ3) is 6.18. The van der Waals surface area contributed by atoms with Gasteiger partial charge < -0.3 is 14.0 Å². The Morgan fingerprint density at radius 2 is 1.45 bits per heavy atom. The molecule has 1 aromatic heterocycles. The number of carbonyl (C=O) groups is 1. The van der Waals surface area contributed by atoms with Crippen molar-refractivity contribution < 1.29 is 23.0 Å². The molecule has 0 spiro atoms. The Morgan fingerprint density at radius 1 is 0.825 bits per heavy atom. The van der Waals surface area contributed by atoms with E-state index in [1.165, 1.54) is 6.07 Å². The number of halogens is 2. The lowest BCUT2D eigenvalue weighted by Gasteiger charge is -2.13. The zero-order chi connectivity index (χ0) is 27.9. The van der Waals surface area contributed by atoms with Crippen LogP contribution in [0, 0.1) is 18.6 Å². The minimum atomic E-state index is -1.00. The van der Waals surface area contributed by atoms with Crippen LogP contribution < -0.4 is 14.8 Å². The van der Waals surface area contributed by atoms with Gasteiger partial charge in [0, 0.05) is 23.4 Å². The van der Waals surface area contributed by atoms with E-state index in [0.29, 0.717) is 24.6 Å². The number of nitrogens with zero attached hydrogens (tertiary/aromatic N) is 2. The van der Waals surface area contributed by atoms with Crippen LogP contribution in [0.25, 0.3) is 22.5 Å². The van der Waals surface area contributed by atoms with E-state index in [1.54, 1.807) is 24.3 Å². The van der Waals surface area contributed by atoms with Crippen molar-refractivity contribution in [1.82, 2.24) is 9.55 Å². The molecule has 0 atom stereocenters. The predicted octanol–water partition coefficient (Wildman–Crippen LogP) is 7.88. The number of aromatic nitrogens is 2. The van der Waals surface area contributed by atoms with Gasteiger partial charge in [0.2, 0.25) is 5.75 Å². The minimum absolute atomic E-state index is 0.393. The first-order valence-corrected chi connectivity index (χ1v) is 12.8. The summed E-state index contributed by atoms with van der Waals surface area (Å²) in [6.45, 7) is 3.19. The van der Waals surface area contributed by atoms with Crippen molar-refractivity contribution in [3.05, 3.63) is 121 Å². The van der Waals surface area contributed by atoms with Gasteiger partial charge in [0.05, 0.1) is 18.0 Å². The Balaban J connectivity index is 1.19. The maximum Gasteiger partial charge on any atom is 0.417 e. The quantitative estimate of drug-likeness (QED) is 0.194. The standard InChI is InChI=1S/C32H27F2N3O3/c1-22-35-29(23-10-4-2-5-11-23)30(24-12-6-3-7-13-24)37(22)20-9-21-39-26-18-16-25(17-19-26)36-32(38)40-31-27(33)14-8-15-28(31)34/h2-8,10-19H,9,20-21H2,1H3,(H,36,38). The number of hydrogen-bond donors (Lipinski definition) is 1. The van der Waals surface area contributed by atoms with Crippen LogP contribution >= 0.6 is 0 Å². The van der Waals surface area contributed by atoms with Crippen LogP contribution in [0.5, 0.6) is 11.5 Å². The maximum absolute atomic E-state index is 13.7. The highest BCUT2D eigenvalue weighted by atomic mass is 19.1. The number of benzene rings is 4. The number of hydrogen-bond acceptors (Lipinski definition) is 4. The van der Waals surface area contributed by atoms with E-state index in [-0.39, 0.29) is 0 Å². The van der Waals surface area contributed by atoms with E-state index < -0.39 is 23.5 Å². The van der Waals surface area contributed by atoms with Gasteiger partial charge in [0.25, 0.3) is 0 Å².